The number of aldehydes is 1. The summed E-state index contributed by atoms with van der Waals surface area (Å²) < 4.78 is 46.4. The molecule has 1 amide bonds. The average Bonchev–Trinajstić information content (AvgIpc) is 3.23. The number of pyridine rings is 1. The van der Waals surface area contributed by atoms with Gasteiger partial charge in [0, 0.05) is 42.9 Å². The predicted octanol–water partition coefficient (Wildman–Crippen LogP) is 4.74. The highest BCUT2D eigenvalue weighted by Crippen LogP contribution is 2.53. The number of rotatable bonds is 8. The van der Waals surface area contributed by atoms with Crippen molar-refractivity contribution in [3.05, 3.63) is 48.2 Å². The summed E-state index contributed by atoms with van der Waals surface area (Å²) in [5, 5.41) is 9.97. The van der Waals surface area contributed by atoms with E-state index in [1.54, 1.807) is 31.3 Å². The Bertz CT molecular complexity index is 1190. The Morgan fingerprint density at radius 3 is 2.35 bits per heavy atom. The Hall–Kier alpha value is -2.98. The van der Waals surface area contributed by atoms with Crippen LogP contribution in [0.4, 0.5) is 13.2 Å². The number of ether oxygens (including phenoxy) is 1. The van der Waals surface area contributed by atoms with Crippen LogP contribution >= 0.6 is 0 Å². The summed E-state index contributed by atoms with van der Waals surface area (Å²) in [6, 6.07) is 10.7. The quantitative estimate of drug-likeness (QED) is 0.471. The highest BCUT2D eigenvalue weighted by Gasteiger charge is 2.58. The first-order valence-corrected chi connectivity index (χ1v) is 14.0. The molecule has 2 saturated heterocycles. The van der Waals surface area contributed by atoms with Gasteiger partial charge in [-0.25, -0.2) is 4.98 Å². The molecule has 2 aliphatic heterocycles. The van der Waals surface area contributed by atoms with Gasteiger partial charge in [0.2, 0.25) is 5.88 Å². The number of benzene rings is 1. The van der Waals surface area contributed by atoms with Crippen molar-refractivity contribution < 1.29 is 32.6 Å². The van der Waals surface area contributed by atoms with E-state index in [2.05, 4.69) is 4.98 Å². The van der Waals surface area contributed by atoms with Crippen LogP contribution in [-0.4, -0.2) is 82.7 Å². The molecular formula is C30H36F3N3O4. The lowest BCUT2D eigenvalue weighted by Crippen LogP contribution is -2.53. The minimum Gasteiger partial charge on any atom is -0.477 e. The number of hydrogen-bond acceptors (Lipinski definition) is 6. The third-order valence-electron chi connectivity index (χ3n) is 8.97. The molecule has 3 fully saturated rings. The molecule has 0 spiro atoms. The molecular weight excluding hydrogens is 523 g/mol. The molecule has 2 aromatic rings. The second-order valence-electron chi connectivity index (χ2n) is 11.9. The fourth-order valence-corrected chi connectivity index (χ4v) is 6.17. The van der Waals surface area contributed by atoms with Gasteiger partial charge >= 0.3 is 6.18 Å². The number of aliphatic hydroxyl groups is 1. The number of likely N-dealkylation sites (tertiary alicyclic amines) is 2. The SMILES string of the molecule is C[C@@]1(C=O)C[C@@H](O)CN1C(=O)c1ccc(-c2ccc(OCC3CCN(CC4(C(F)(F)F)CCC4)CC3)nc2)cc1. The van der Waals surface area contributed by atoms with Crippen molar-refractivity contribution >= 4 is 12.2 Å². The standard InChI is InChI=1S/C30H36F3N3O4/c1-28(20-37)15-25(38)17-36(28)27(39)23-5-3-22(4-6-23)24-7-8-26(34-16-24)40-18-21-9-13-35(14-10-21)19-29(11-2-12-29)30(31,32)33/h3-8,16,20-21,25,38H,2,9-15,17-19H2,1H3/t25-,28+/m1/s1. The van der Waals surface area contributed by atoms with Gasteiger partial charge in [-0.05, 0) is 75.4 Å². The first-order valence-electron chi connectivity index (χ1n) is 14.0. The van der Waals surface area contributed by atoms with Gasteiger partial charge in [-0.15, -0.1) is 0 Å². The molecule has 0 radical (unpaired) electrons. The highest BCUT2D eigenvalue weighted by molar-refractivity contribution is 5.97. The lowest BCUT2D eigenvalue weighted by Gasteiger charge is -2.47. The van der Waals surface area contributed by atoms with Crippen LogP contribution < -0.4 is 4.74 Å². The molecule has 0 bridgehead atoms. The van der Waals surface area contributed by atoms with E-state index in [9.17, 15) is 27.9 Å². The number of hydrogen-bond donors (Lipinski definition) is 1. The van der Waals surface area contributed by atoms with Crippen molar-refractivity contribution in [3.8, 4) is 17.0 Å². The van der Waals surface area contributed by atoms with Gasteiger partial charge in [-0.3, -0.25) is 4.79 Å². The molecule has 1 aromatic carbocycles. The number of β-amino-alcohol motifs (C(OH)–C–C–N with tert-alkyl or cyclic N) is 1. The molecule has 1 N–H and O–H groups in total. The maximum absolute atomic E-state index is 13.5. The van der Waals surface area contributed by atoms with Crippen molar-refractivity contribution in [2.75, 3.05) is 32.8 Å². The molecule has 7 nitrogen and oxygen atoms in total. The second-order valence-corrected chi connectivity index (χ2v) is 11.9. The Labute approximate surface area is 232 Å². The van der Waals surface area contributed by atoms with E-state index in [4.69, 9.17) is 4.74 Å². The van der Waals surface area contributed by atoms with Crippen molar-refractivity contribution in [1.82, 2.24) is 14.8 Å². The van der Waals surface area contributed by atoms with Crippen molar-refractivity contribution in [3.63, 3.8) is 0 Å². The Kier molecular flexibility index (Phi) is 7.94. The van der Waals surface area contributed by atoms with Gasteiger partial charge in [-0.1, -0.05) is 18.6 Å². The summed E-state index contributed by atoms with van der Waals surface area (Å²) in [4.78, 5) is 32.3. The van der Waals surface area contributed by atoms with Crippen LogP contribution in [0.2, 0.25) is 0 Å². The summed E-state index contributed by atoms with van der Waals surface area (Å²) in [5.41, 5.74) is -0.370. The Morgan fingerprint density at radius 1 is 1.12 bits per heavy atom. The van der Waals surface area contributed by atoms with Crippen LogP contribution in [0.15, 0.2) is 42.6 Å². The summed E-state index contributed by atoms with van der Waals surface area (Å²) in [7, 11) is 0. The van der Waals surface area contributed by atoms with E-state index in [-0.39, 0.29) is 44.2 Å². The predicted molar refractivity (Wildman–Crippen MR) is 143 cm³/mol. The fourth-order valence-electron chi connectivity index (χ4n) is 6.17. The zero-order valence-corrected chi connectivity index (χ0v) is 22.7. The van der Waals surface area contributed by atoms with Gasteiger partial charge in [0.25, 0.3) is 5.91 Å². The maximum atomic E-state index is 13.5. The molecule has 3 aliphatic rings. The van der Waals surface area contributed by atoms with Crippen LogP contribution in [0.25, 0.3) is 11.1 Å². The number of halogens is 3. The minimum atomic E-state index is -4.13. The van der Waals surface area contributed by atoms with Gasteiger partial charge in [0.05, 0.1) is 23.7 Å². The lowest BCUT2D eigenvalue weighted by atomic mass is 9.67. The molecule has 40 heavy (non-hydrogen) atoms. The Balaban J connectivity index is 1.10. The molecule has 1 saturated carbocycles. The van der Waals surface area contributed by atoms with Crippen LogP contribution in [0.1, 0.15) is 55.8 Å². The third-order valence-corrected chi connectivity index (χ3v) is 8.97. The number of aromatic nitrogens is 1. The van der Waals surface area contributed by atoms with Crippen LogP contribution in [0.5, 0.6) is 5.88 Å². The smallest absolute Gasteiger partial charge is 0.395 e. The van der Waals surface area contributed by atoms with Gasteiger partial charge in [0.1, 0.15) is 6.29 Å². The monoisotopic (exact) mass is 559 g/mol. The van der Waals surface area contributed by atoms with E-state index in [0.29, 0.717) is 37.6 Å². The third kappa shape index (κ3) is 5.74. The van der Waals surface area contributed by atoms with Crippen LogP contribution in [-0.2, 0) is 4.79 Å². The Morgan fingerprint density at radius 2 is 1.80 bits per heavy atom. The number of carbonyl (C=O) groups excluding carboxylic acids is 2. The zero-order valence-electron chi connectivity index (χ0n) is 22.7. The van der Waals surface area contributed by atoms with E-state index in [1.165, 1.54) is 4.90 Å². The largest absolute Gasteiger partial charge is 0.477 e. The lowest BCUT2D eigenvalue weighted by molar-refractivity contribution is -0.256. The van der Waals surface area contributed by atoms with Gasteiger partial charge in [0.15, 0.2) is 0 Å². The van der Waals surface area contributed by atoms with E-state index in [0.717, 1.165) is 30.3 Å². The minimum absolute atomic E-state index is 0.113. The summed E-state index contributed by atoms with van der Waals surface area (Å²) in [5.74, 6) is 0.473. The number of nitrogens with zero attached hydrogens (tertiary/aromatic N) is 3. The molecule has 1 aromatic heterocycles. The summed E-state index contributed by atoms with van der Waals surface area (Å²) >= 11 is 0. The van der Waals surface area contributed by atoms with Crippen LogP contribution in [0, 0.1) is 11.3 Å². The van der Waals surface area contributed by atoms with Crippen molar-refractivity contribution in [2.24, 2.45) is 11.3 Å². The number of alkyl halides is 3. The first kappa shape index (κ1) is 28.5. The normalized spacial score (nSPS) is 25.4. The fraction of sp³-hybridized carbons (Fsp3) is 0.567. The average molecular weight is 560 g/mol. The molecule has 216 valence electrons. The van der Waals surface area contributed by atoms with Gasteiger partial charge in [-0.2, -0.15) is 13.2 Å². The number of piperidine rings is 1. The maximum Gasteiger partial charge on any atom is 0.395 e. The first-order chi connectivity index (χ1) is 19.0. The molecule has 10 heteroatoms. The molecule has 1 aliphatic carbocycles. The molecule has 2 atom stereocenters. The summed E-state index contributed by atoms with van der Waals surface area (Å²) in [6.07, 6.45) is 0.553. The van der Waals surface area contributed by atoms with E-state index in [1.807, 2.05) is 23.1 Å². The molecule has 5 rings (SSSR count). The number of aliphatic hydroxyl groups excluding tert-OH is 1. The van der Waals surface area contributed by atoms with Crippen molar-refractivity contribution in [2.45, 2.75) is 63.3 Å². The van der Waals surface area contributed by atoms with Gasteiger partial charge < -0.3 is 24.4 Å². The second kappa shape index (κ2) is 11.1. The topological polar surface area (TPSA) is 83.0 Å². The van der Waals surface area contributed by atoms with E-state index >= 15 is 0 Å². The molecule has 3 heterocycles. The van der Waals surface area contributed by atoms with E-state index < -0.39 is 23.2 Å². The molecule has 0 unspecified atom stereocenters. The number of amides is 1. The van der Waals surface area contributed by atoms with Crippen molar-refractivity contribution in [1.29, 1.82) is 0 Å². The highest BCUT2D eigenvalue weighted by atomic mass is 19.4. The zero-order chi connectivity index (χ0) is 28.5. The number of carbonyl (C=O) groups is 2. The summed E-state index contributed by atoms with van der Waals surface area (Å²) in [6.45, 7) is 3.68. The van der Waals surface area contributed by atoms with Crippen LogP contribution in [0.3, 0.4) is 0 Å².